The summed E-state index contributed by atoms with van der Waals surface area (Å²) >= 11 is 0. The van der Waals surface area contributed by atoms with Gasteiger partial charge in [0.2, 0.25) is 0 Å². The number of aryl methyl sites for hydroxylation is 1. The molecule has 0 N–H and O–H groups in total. The lowest BCUT2D eigenvalue weighted by Gasteiger charge is -2.45. The summed E-state index contributed by atoms with van der Waals surface area (Å²) in [6, 6.07) is 1.25. The molecule has 0 saturated carbocycles. The standard InChI is InChI=1S/C17H22F3N3O2/c1-16(2,3)25-15(24)22-6-7-23-13(10-22)5-4-11-8-12(17(18,19)20)9-21-14(11)23/h8-9,13H,4-7,10H2,1-3H3. The molecule has 0 radical (unpaired) electrons. The summed E-state index contributed by atoms with van der Waals surface area (Å²) in [6.45, 7) is 6.96. The third-order valence-electron chi connectivity index (χ3n) is 4.42. The number of ether oxygens (including phenoxy) is 1. The van der Waals surface area contributed by atoms with Gasteiger partial charge < -0.3 is 14.5 Å². The second kappa shape index (κ2) is 6.07. The summed E-state index contributed by atoms with van der Waals surface area (Å²) in [7, 11) is 0. The molecule has 3 heterocycles. The number of aromatic nitrogens is 1. The van der Waals surface area contributed by atoms with Crippen molar-refractivity contribution < 1.29 is 22.7 Å². The molecule has 1 amide bonds. The maximum Gasteiger partial charge on any atom is 0.417 e. The van der Waals surface area contributed by atoms with Crippen LogP contribution >= 0.6 is 0 Å². The predicted octanol–water partition coefficient (Wildman–Crippen LogP) is 3.47. The molecule has 1 unspecified atom stereocenters. The molecule has 0 spiro atoms. The number of piperazine rings is 1. The summed E-state index contributed by atoms with van der Waals surface area (Å²) in [5, 5.41) is 0. The first kappa shape index (κ1) is 17.8. The molecule has 1 aromatic rings. The number of alkyl halides is 3. The molecule has 25 heavy (non-hydrogen) atoms. The fourth-order valence-corrected chi connectivity index (χ4v) is 3.30. The van der Waals surface area contributed by atoms with Crippen molar-refractivity contribution in [3.63, 3.8) is 0 Å². The summed E-state index contributed by atoms with van der Waals surface area (Å²) in [6.07, 6.45) is -2.63. The van der Waals surface area contributed by atoms with Gasteiger partial charge in [-0.2, -0.15) is 13.2 Å². The maximum atomic E-state index is 12.9. The quantitative estimate of drug-likeness (QED) is 0.713. The average Bonchev–Trinajstić information content (AvgIpc) is 2.51. The molecule has 2 aliphatic rings. The fraction of sp³-hybridized carbons (Fsp3) is 0.647. The van der Waals surface area contributed by atoms with E-state index in [2.05, 4.69) is 4.98 Å². The third-order valence-corrected chi connectivity index (χ3v) is 4.42. The summed E-state index contributed by atoms with van der Waals surface area (Å²) in [5.74, 6) is 0.605. The van der Waals surface area contributed by atoms with E-state index in [4.69, 9.17) is 4.74 Å². The summed E-state index contributed by atoms with van der Waals surface area (Å²) in [5.41, 5.74) is -0.642. The van der Waals surface area contributed by atoms with Crippen LogP contribution in [0.2, 0.25) is 0 Å². The number of amides is 1. The van der Waals surface area contributed by atoms with E-state index in [9.17, 15) is 18.0 Å². The number of carbonyl (C=O) groups excluding carboxylic acids is 1. The topological polar surface area (TPSA) is 45.7 Å². The number of hydrogen-bond donors (Lipinski definition) is 0. The molecule has 1 atom stereocenters. The Labute approximate surface area is 144 Å². The number of nitrogens with zero attached hydrogens (tertiary/aromatic N) is 3. The lowest BCUT2D eigenvalue weighted by atomic mass is 9.95. The molecule has 8 heteroatoms. The highest BCUT2D eigenvalue weighted by molar-refractivity contribution is 5.69. The highest BCUT2D eigenvalue weighted by Crippen LogP contribution is 2.36. The van der Waals surface area contributed by atoms with Crippen molar-refractivity contribution in [1.82, 2.24) is 9.88 Å². The van der Waals surface area contributed by atoms with Crippen LogP contribution in [0.3, 0.4) is 0 Å². The Bertz CT molecular complexity index is 670. The molecular formula is C17H22F3N3O2. The normalized spacial score (nSPS) is 20.8. The molecule has 0 bridgehead atoms. The van der Waals surface area contributed by atoms with Gasteiger partial charge in [-0.15, -0.1) is 0 Å². The predicted molar refractivity (Wildman–Crippen MR) is 86.5 cm³/mol. The maximum absolute atomic E-state index is 12.9. The van der Waals surface area contributed by atoms with E-state index >= 15 is 0 Å². The minimum Gasteiger partial charge on any atom is -0.444 e. The van der Waals surface area contributed by atoms with E-state index in [1.807, 2.05) is 25.7 Å². The monoisotopic (exact) mass is 357 g/mol. The number of anilines is 1. The van der Waals surface area contributed by atoms with Crippen LogP contribution in [0.25, 0.3) is 0 Å². The minimum atomic E-state index is -4.38. The van der Waals surface area contributed by atoms with Crippen molar-refractivity contribution in [2.45, 2.75) is 51.4 Å². The van der Waals surface area contributed by atoms with E-state index in [1.54, 1.807) is 4.90 Å². The van der Waals surface area contributed by atoms with Crippen molar-refractivity contribution in [1.29, 1.82) is 0 Å². The molecular weight excluding hydrogens is 335 g/mol. The van der Waals surface area contributed by atoms with Gasteiger partial charge in [0, 0.05) is 31.9 Å². The van der Waals surface area contributed by atoms with Crippen LogP contribution in [0, 0.1) is 0 Å². The van der Waals surface area contributed by atoms with E-state index in [0.29, 0.717) is 43.9 Å². The van der Waals surface area contributed by atoms with Crippen molar-refractivity contribution >= 4 is 11.9 Å². The minimum absolute atomic E-state index is 0.0537. The Balaban J connectivity index is 1.74. The lowest BCUT2D eigenvalue weighted by Crippen LogP contribution is -2.57. The third kappa shape index (κ3) is 3.82. The van der Waals surface area contributed by atoms with E-state index in [0.717, 1.165) is 6.20 Å². The second-order valence-electron chi connectivity index (χ2n) is 7.52. The van der Waals surface area contributed by atoms with E-state index in [1.165, 1.54) is 6.07 Å². The van der Waals surface area contributed by atoms with Crippen LogP contribution < -0.4 is 4.90 Å². The van der Waals surface area contributed by atoms with Gasteiger partial charge in [-0.25, -0.2) is 9.78 Å². The van der Waals surface area contributed by atoms with Gasteiger partial charge in [0.1, 0.15) is 11.4 Å². The highest BCUT2D eigenvalue weighted by Gasteiger charge is 2.37. The molecule has 1 aromatic heterocycles. The van der Waals surface area contributed by atoms with Crippen LogP contribution in [-0.2, 0) is 17.3 Å². The number of pyridine rings is 1. The first-order chi connectivity index (χ1) is 11.5. The van der Waals surface area contributed by atoms with E-state index in [-0.39, 0.29) is 12.1 Å². The SMILES string of the molecule is CC(C)(C)OC(=O)N1CCN2c3ncc(C(F)(F)F)cc3CCC2C1. The summed E-state index contributed by atoms with van der Waals surface area (Å²) < 4.78 is 44.0. The smallest absolute Gasteiger partial charge is 0.417 e. The molecule has 1 saturated heterocycles. The molecule has 138 valence electrons. The van der Waals surface area contributed by atoms with Gasteiger partial charge in [-0.3, -0.25) is 0 Å². The molecule has 1 fully saturated rings. The highest BCUT2D eigenvalue weighted by atomic mass is 19.4. The lowest BCUT2D eigenvalue weighted by molar-refractivity contribution is -0.137. The molecule has 0 aromatic carbocycles. The van der Waals surface area contributed by atoms with Gasteiger partial charge in [0.15, 0.2) is 0 Å². The van der Waals surface area contributed by atoms with Gasteiger partial charge in [0.05, 0.1) is 5.56 Å². The van der Waals surface area contributed by atoms with Crippen molar-refractivity contribution in [3.8, 4) is 0 Å². The van der Waals surface area contributed by atoms with E-state index < -0.39 is 17.3 Å². The zero-order valence-corrected chi connectivity index (χ0v) is 14.6. The number of hydrogen-bond acceptors (Lipinski definition) is 4. The second-order valence-corrected chi connectivity index (χ2v) is 7.52. The number of fused-ring (bicyclic) bond motifs is 3. The molecule has 2 aliphatic heterocycles. The van der Waals surface area contributed by atoms with Gasteiger partial charge >= 0.3 is 12.3 Å². The fourth-order valence-electron chi connectivity index (χ4n) is 3.30. The van der Waals surface area contributed by atoms with Gasteiger partial charge in [0.25, 0.3) is 0 Å². The first-order valence-corrected chi connectivity index (χ1v) is 8.35. The Morgan fingerprint density at radius 1 is 1.28 bits per heavy atom. The van der Waals surface area contributed by atoms with Crippen LogP contribution in [0.1, 0.15) is 38.3 Å². The molecule has 3 rings (SSSR count). The zero-order chi connectivity index (χ0) is 18.4. The Kier molecular flexibility index (Phi) is 4.33. The summed E-state index contributed by atoms with van der Waals surface area (Å²) in [4.78, 5) is 20.0. The van der Waals surface area contributed by atoms with Crippen LogP contribution in [0.15, 0.2) is 12.3 Å². The van der Waals surface area contributed by atoms with Crippen LogP contribution in [-0.4, -0.2) is 47.3 Å². The molecule has 0 aliphatic carbocycles. The Hall–Kier alpha value is -1.99. The Morgan fingerprint density at radius 3 is 2.64 bits per heavy atom. The van der Waals surface area contributed by atoms with Crippen molar-refractivity contribution in [2.75, 3.05) is 24.5 Å². The van der Waals surface area contributed by atoms with Crippen molar-refractivity contribution in [3.05, 3.63) is 23.4 Å². The van der Waals surface area contributed by atoms with Gasteiger partial charge in [-0.1, -0.05) is 0 Å². The number of carbonyl (C=O) groups is 1. The van der Waals surface area contributed by atoms with Gasteiger partial charge in [-0.05, 0) is 45.2 Å². The zero-order valence-electron chi connectivity index (χ0n) is 14.6. The number of halogens is 3. The van der Waals surface area contributed by atoms with Crippen molar-refractivity contribution in [2.24, 2.45) is 0 Å². The largest absolute Gasteiger partial charge is 0.444 e. The first-order valence-electron chi connectivity index (χ1n) is 8.35. The number of rotatable bonds is 0. The van der Waals surface area contributed by atoms with Crippen LogP contribution in [0.5, 0.6) is 0 Å². The Morgan fingerprint density at radius 2 is 2.00 bits per heavy atom. The molecule has 5 nitrogen and oxygen atoms in total. The average molecular weight is 357 g/mol. The van der Waals surface area contributed by atoms with Crippen LogP contribution in [0.4, 0.5) is 23.8 Å².